The molecule has 0 heterocycles. The molecule has 2 aromatic carbocycles. The van der Waals surface area contributed by atoms with Gasteiger partial charge in [-0.2, -0.15) is 0 Å². The second kappa shape index (κ2) is 4.05. The molecule has 0 saturated carbocycles. The van der Waals surface area contributed by atoms with Crippen LogP contribution in [0.15, 0.2) is 36.4 Å². The van der Waals surface area contributed by atoms with E-state index in [0.29, 0.717) is 11.1 Å². The molecule has 82 valence electrons. The Morgan fingerprint density at radius 2 is 1.06 bits per heavy atom. The molecule has 0 unspecified atom stereocenters. The third-order valence-electron chi connectivity index (χ3n) is 2.65. The monoisotopic (exact) mass is 218 g/mol. The Labute approximate surface area is 93.5 Å². The van der Waals surface area contributed by atoms with Gasteiger partial charge in [-0.1, -0.05) is 12.1 Å². The minimum atomic E-state index is -0.220. The van der Waals surface area contributed by atoms with Gasteiger partial charge in [0.15, 0.2) is 0 Å². The van der Waals surface area contributed by atoms with Crippen LogP contribution in [0.3, 0.4) is 0 Å². The maximum atomic E-state index is 13.1. The predicted octanol–water partition coefficient (Wildman–Crippen LogP) is 4.25. The Morgan fingerprint density at radius 1 is 0.688 bits per heavy atom. The van der Waals surface area contributed by atoms with E-state index in [9.17, 15) is 8.78 Å². The average Bonchev–Trinajstić information content (AvgIpc) is 2.26. The van der Waals surface area contributed by atoms with Crippen LogP contribution >= 0.6 is 0 Å². The van der Waals surface area contributed by atoms with Crippen molar-refractivity contribution in [2.45, 2.75) is 13.8 Å². The molecule has 2 aromatic rings. The normalized spacial score (nSPS) is 10.5. The maximum Gasteiger partial charge on any atom is 0.126 e. The van der Waals surface area contributed by atoms with Crippen LogP contribution in [0.2, 0.25) is 0 Å². The van der Waals surface area contributed by atoms with Gasteiger partial charge in [-0.25, -0.2) is 8.78 Å². The van der Waals surface area contributed by atoms with E-state index in [1.165, 1.54) is 12.1 Å². The molecule has 0 aliphatic rings. The van der Waals surface area contributed by atoms with Crippen molar-refractivity contribution in [3.8, 4) is 11.1 Å². The number of hydrogen-bond donors (Lipinski definition) is 0. The highest BCUT2D eigenvalue weighted by atomic mass is 19.1. The number of benzene rings is 2. The van der Waals surface area contributed by atoms with Gasteiger partial charge in [0.1, 0.15) is 11.6 Å². The lowest BCUT2D eigenvalue weighted by Gasteiger charge is -2.05. The van der Waals surface area contributed by atoms with Crippen molar-refractivity contribution in [2.75, 3.05) is 0 Å². The lowest BCUT2D eigenvalue weighted by atomic mass is 10.0. The first-order valence-corrected chi connectivity index (χ1v) is 5.10. The first-order valence-electron chi connectivity index (χ1n) is 5.10. The fourth-order valence-corrected chi connectivity index (χ4v) is 1.65. The van der Waals surface area contributed by atoms with Gasteiger partial charge in [0, 0.05) is 0 Å². The molecule has 16 heavy (non-hydrogen) atoms. The molecule has 0 aliphatic carbocycles. The summed E-state index contributed by atoms with van der Waals surface area (Å²) in [7, 11) is 0. The highest BCUT2D eigenvalue weighted by Crippen LogP contribution is 2.23. The number of rotatable bonds is 1. The van der Waals surface area contributed by atoms with Crippen molar-refractivity contribution < 1.29 is 8.78 Å². The van der Waals surface area contributed by atoms with Crippen LogP contribution in [0.25, 0.3) is 11.1 Å². The number of hydrogen-bond acceptors (Lipinski definition) is 0. The molecule has 2 heteroatoms. The molecule has 0 amide bonds. The largest absolute Gasteiger partial charge is 0.207 e. The molecule has 0 bridgehead atoms. The minimum absolute atomic E-state index is 0.220. The van der Waals surface area contributed by atoms with E-state index in [4.69, 9.17) is 0 Å². The fourth-order valence-electron chi connectivity index (χ4n) is 1.65. The van der Waals surface area contributed by atoms with E-state index in [1.807, 2.05) is 0 Å². The van der Waals surface area contributed by atoms with Gasteiger partial charge in [-0.15, -0.1) is 0 Å². The summed E-state index contributed by atoms with van der Waals surface area (Å²) in [6.07, 6.45) is 0. The van der Waals surface area contributed by atoms with Crippen LogP contribution in [0.5, 0.6) is 0 Å². The molecule has 2 rings (SSSR count). The summed E-state index contributed by atoms with van der Waals surface area (Å²) in [6.45, 7) is 3.43. The first kappa shape index (κ1) is 10.8. The average molecular weight is 218 g/mol. The van der Waals surface area contributed by atoms with E-state index in [0.717, 1.165) is 11.1 Å². The molecule has 0 fully saturated rings. The van der Waals surface area contributed by atoms with E-state index in [1.54, 1.807) is 38.1 Å². The van der Waals surface area contributed by atoms with Gasteiger partial charge < -0.3 is 0 Å². The van der Waals surface area contributed by atoms with Crippen LogP contribution in [0, 0.1) is 25.5 Å². The molecular formula is C14H12F2. The Hall–Kier alpha value is -1.70. The van der Waals surface area contributed by atoms with E-state index < -0.39 is 0 Å². The van der Waals surface area contributed by atoms with Gasteiger partial charge in [-0.3, -0.25) is 0 Å². The lowest BCUT2D eigenvalue weighted by Crippen LogP contribution is -1.87. The molecule has 0 spiro atoms. The highest BCUT2D eigenvalue weighted by molar-refractivity contribution is 5.65. The zero-order valence-electron chi connectivity index (χ0n) is 9.22. The van der Waals surface area contributed by atoms with E-state index >= 15 is 0 Å². The SMILES string of the molecule is Cc1cc(-c2ccc(F)c(C)c2)ccc1F. The molecule has 0 aliphatic heterocycles. The van der Waals surface area contributed by atoms with Gasteiger partial charge in [0.05, 0.1) is 0 Å². The Balaban J connectivity index is 2.50. The third-order valence-corrected chi connectivity index (χ3v) is 2.65. The molecule has 0 N–H and O–H groups in total. The molecule has 0 aromatic heterocycles. The van der Waals surface area contributed by atoms with Crippen LogP contribution in [0.4, 0.5) is 8.78 Å². The molecule has 0 atom stereocenters. The maximum absolute atomic E-state index is 13.1. The topological polar surface area (TPSA) is 0 Å². The summed E-state index contributed by atoms with van der Waals surface area (Å²) in [6, 6.07) is 9.81. The van der Waals surface area contributed by atoms with Crippen molar-refractivity contribution in [1.29, 1.82) is 0 Å². The van der Waals surface area contributed by atoms with Crippen LogP contribution in [0.1, 0.15) is 11.1 Å². The minimum Gasteiger partial charge on any atom is -0.207 e. The summed E-state index contributed by atoms with van der Waals surface area (Å²) in [4.78, 5) is 0. The summed E-state index contributed by atoms with van der Waals surface area (Å²) in [5.41, 5.74) is 3.00. The Kier molecular flexibility index (Phi) is 2.73. The van der Waals surface area contributed by atoms with Gasteiger partial charge in [0.2, 0.25) is 0 Å². The molecule has 0 radical (unpaired) electrons. The van der Waals surface area contributed by atoms with Crippen molar-refractivity contribution in [2.24, 2.45) is 0 Å². The second-order valence-corrected chi connectivity index (χ2v) is 3.93. The predicted molar refractivity (Wildman–Crippen MR) is 61.3 cm³/mol. The van der Waals surface area contributed by atoms with Crippen LogP contribution in [-0.4, -0.2) is 0 Å². The summed E-state index contributed by atoms with van der Waals surface area (Å²) in [5.74, 6) is -0.440. The van der Waals surface area contributed by atoms with Crippen molar-refractivity contribution in [3.05, 3.63) is 59.2 Å². The summed E-state index contributed by atoms with van der Waals surface area (Å²) >= 11 is 0. The van der Waals surface area contributed by atoms with E-state index in [-0.39, 0.29) is 11.6 Å². The molecule has 0 saturated heterocycles. The zero-order valence-corrected chi connectivity index (χ0v) is 9.22. The van der Waals surface area contributed by atoms with Crippen LogP contribution < -0.4 is 0 Å². The Bertz CT molecular complexity index is 481. The van der Waals surface area contributed by atoms with Gasteiger partial charge in [0.25, 0.3) is 0 Å². The highest BCUT2D eigenvalue weighted by Gasteiger charge is 2.03. The van der Waals surface area contributed by atoms with Gasteiger partial charge >= 0.3 is 0 Å². The molecule has 0 nitrogen and oxygen atoms in total. The first-order chi connectivity index (χ1) is 7.58. The molecular weight excluding hydrogens is 206 g/mol. The number of halogens is 2. The van der Waals surface area contributed by atoms with E-state index in [2.05, 4.69) is 0 Å². The second-order valence-electron chi connectivity index (χ2n) is 3.93. The van der Waals surface area contributed by atoms with Crippen LogP contribution in [-0.2, 0) is 0 Å². The Morgan fingerprint density at radius 3 is 1.38 bits per heavy atom. The smallest absolute Gasteiger partial charge is 0.126 e. The zero-order chi connectivity index (χ0) is 11.7. The van der Waals surface area contributed by atoms with Crippen molar-refractivity contribution in [1.82, 2.24) is 0 Å². The quantitative estimate of drug-likeness (QED) is 0.671. The summed E-state index contributed by atoms with van der Waals surface area (Å²) in [5, 5.41) is 0. The standard InChI is InChI=1S/C14H12F2/c1-9-7-11(3-5-13(9)15)12-4-6-14(16)10(2)8-12/h3-8H,1-2H3. The lowest BCUT2D eigenvalue weighted by molar-refractivity contribution is 0.617. The number of aryl methyl sites for hydroxylation is 2. The fraction of sp³-hybridized carbons (Fsp3) is 0.143. The van der Waals surface area contributed by atoms with Crippen molar-refractivity contribution >= 4 is 0 Å². The van der Waals surface area contributed by atoms with Gasteiger partial charge in [-0.05, 0) is 60.4 Å². The van der Waals surface area contributed by atoms with Crippen molar-refractivity contribution in [3.63, 3.8) is 0 Å². The summed E-state index contributed by atoms with van der Waals surface area (Å²) < 4.78 is 26.2. The third kappa shape index (κ3) is 1.96.